The molecule has 0 bridgehead atoms. The van der Waals surface area contributed by atoms with Crippen molar-refractivity contribution < 1.29 is 35.9 Å². The lowest BCUT2D eigenvalue weighted by molar-refractivity contribution is -0.327. The van der Waals surface area contributed by atoms with E-state index < -0.39 is 30.3 Å². The molecule has 0 N–H and O–H groups in total. The smallest absolute Gasteiger partial charge is 0.344 e. The lowest BCUT2D eigenvalue weighted by Gasteiger charge is -2.27. The molecular formula is C17H12F6O2. The van der Waals surface area contributed by atoms with Crippen LogP contribution in [-0.2, 0) is 4.74 Å². The van der Waals surface area contributed by atoms with Crippen molar-refractivity contribution in [3.05, 3.63) is 71.8 Å². The van der Waals surface area contributed by atoms with Gasteiger partial charge in [0.25, 0.3) is 0 Å². The first-order valence-corrected chi connectivity index (χ1v) is 7.04. The summed E-state index contributed by atoms with van der Waals surface area (Å²) in [5.74, 6) is -0.995. The molecular weight excluding hydrogens is 350 g/mol. The Labute approximate surface area is 139 Å². The molecule has 0 heterocycles. The molecule has 0 spiro atoms. The topological polar surface area (TPSA) is 26.3 Å². The van der Waals surface area contributed by atoms with Crippen LogP contribution in [0.4, 0.5) is 26.3 Å². The normalized spacial score (nSPS) is 13.7. The van der Waals surface area contributed by atoms with Gasteiger partial charge in [0, 0.05) is 5.56 Å². The van der Waals surface area contributed by atoms with E-state index in [-0.39, 0.29) is 11.1 Å². The number of alkyl halides is 6. The first kappa shape index (κ1) is 19.0. The number of benzene rings is 2. The van der Waals surface area contributed by atoms with E-state index in [1.54, 1.807) is 6.07 Å². The second-order valence-corrected chi connectivity index (χ2v) is 5.12. The minimum Gasteiger partial charge on any atom is -0.344 e. The predicted molar refractivity (Wildman–Crippen MR) is 76.9 cm³/mol. The van der Waals surface area contributed by atoms with Crippen LogP contribution in [0, 0.1) is 0 Å². The van der Waals surface area contributed by atoms with E-state index in [2.05, 4.69) is 4.74 Å². The van der Waals surface area contributed by atoms with E-state index in [1.165, 1.54) is 54.6 Å². The van der Waals surface area contributed by atoms with E-state index in [0.29, 0.717) is 0 Å². The van der Waals surface area contributed by atoms with Crippen LogP contribution in [0.3, 0.4) is 0 Å². The average molecular weight is 362 g/mol. The molecule has 2 rings (SSSR count). The van der Waals surface area contributed by atoms with Crippen molar-refractivity contribution in [2.24, 2.45) is 0 Å². The van der Waals surface area contributed by atoms with Crippen molar-refractivity contribution in [3.63, 3.8) is 0 Å². The quantitative estimate of drug-likeness (QED) is 0.545. The van der Waals surface area contributed by atoms with Crippen molar-refractivity contribution in [2.45, 2.75) is 24.6 Å². The van der Waals surface area contributed by atoms with Gasteiger partial charge in [0.1, 0.15) is 6.10 Å². The second kappa shape index (κ2) is 7.26. The molecule has 0 aliphatic rings. The van der Waals surface area contributed by atoms with Crippen molar-refractivity contribution in [3.8, 4) is 0 Å². The molecule has 0 amide bonds. The van der Waals surface area contributed by atoms with Gasteiger partial charge in [0.05, 0.1) is 0 Å². The third-order valence-corrected chi connectivity index (χ3v) is 3.27. The lowest BCUT2D eigenvalue weighted by Crippen LogP contribution is -2.45. The highest BCUT2D eigenvalue weighted by molar-refractivity contribution is 6.00. The summed E-state index contributed by atoms with van der Waals surface area (Å²) >= 11 is 0. The molecule has 1 atom stereocenters. The Hall–Kier alpha value is -2.35. The molecule has 8 heteroatoms. The molecule has 0 aliphatic carbocycles. The van der Waals surface area contributed by atoms with Crippen LogP contribution >= 0.6 is 0 Å². The number of ether oxygens (including phenoxy) is 1. The van der Waals surface area contributed by atoms with Crippen LogP contribution < -0.4 is 0 Å². The number of hydrogen-bond acceptors (Lipinski definition) is 2. The van der Waals surface area contributed by atoms with Crippen LogP contribution in [0.2, 0.25) is 0 Å². The van der Waals surface area contributed by atoms with Crippen molar-refractivity contribution in [2.75, 3.05) is 0 Å². The fraction of sp³-hybridized carbons (Fsp3) is 0.235. The van der Waals surface area contributed by atoms with Crippen molar-refractivity contribution >= 4 is 5.78 Å². The minimum atomic E-state index is -5.71. The first-order valence-electron chi connectivity index (χ1n) is 7.04. The van der Waals surface area contributed by atoms with Gasteiger partial charge < -0.3 is 4.74 Å². The molecule has 0 aliphatic heterocycles. The fourth-order valence-electron chi connectivity index (χ4n) is 2.15. The Morgan fingerprint density at radius 2 is 1.20 bits per heavy atom. The largest absolute Gasteiger partial charge is 0.423 e. The standard InChI is InChI=1S/C17H12F6O2/c18-16(19,20)15(17(21,22)23)25-14(12-9-5-2-6-10-12)13(24)11-7-3-1-4-8-11/h1-10,14-15H. The third kappa shape index (κ3) is 4.82. The Morgan fingerprint density at radius 3 is 1.64 bits per heavy atom. The monoisotopic (exact) mass is 362 g/mol. The number of hydrogen-bond donors (Lipinski definition) is 0. The van der Waals surface area contributed by atoms with Gasteiger partial charge in [-0.2, -0.15) is 26.3 Å². The fourth-order valence-corrected chi connectivity index (χ4v) is 2.15. The molecule has 1 unspecified atom stereocenters. The zero-order chi connectivity index (χ0) is 18.7. The van der Waals surface area contributed by atoms with Gasteiger partial charge >= 0.3 is 12.4 Å². The molecule has 0 fully saturated rings. The molecule has 2 aromatic rings. The molecule has 134 valence electrons. The second-order valence-electron chi connectivity index (χ2n) is 5.12. The van der Waals surface area contributed by atoms with Crippen LogP contribution in [0.15, 0.2) is 60.7 Å². The average Bonchev–Trinajstić information content (AvgIpc) is 2.54. The highest BCUT2D eigenvalue weighted by atomic mass is 19.4. The highest BCUT2D eigenvalue weighted by Gasteiger charge is 2.59. The molecule has 0 radical (unpaired) electrons. The number of halogens is 6. The van der Waals surface area contributed by atoms with Gasteiger partial charge in [-0.1, -0.05) is 60.7 Å². The summed E-state index contributed by atoms with van der Waals surface area (Å²) in [5, 5.41) is 0. The van der Waals surface area contributed by atoms with Gasteiger partial charge in [-0.05, 0) is 5.56 Å². The summed E-state index contributed by atoms with van der Waals surface area (Å²) < 4.78 is 81.1. The lowest BCUT2D eigenvalue weighted by atomic mass is 9.99. The SMILES string of the molecule is O=C(c1ccccc1)C(OC(C(F)(F)F)C(F)(F)F)c1ccccc1. The third-order valence-electron chi connectivity index (χ3n) is 3.27. The Balaban J connectivity index is 2.44. The van der Waals surface area contributed by atoms with Gasteiger partial charge in [-0.15, -0.1) is 0 Å². The first-order chi connectivity index (χ1) is 11.6. The summed E-state index contributed by atoms with van der Waals surface area (Å²) in [6, 6.07) is 13.8. The summed E-state index contributed by atoms with van der Waals surface area (Å²) in [7, 11) is 0. The zero-order valence-corrected chi connectivity index (χ0v) is 12.5. The van der Waals surface area contributed by atoms with E-state index in [0.717, 1.165) is 0 Å². The van der Waals surface area contributed by atoms with E-state index in [1.807, 2.05) is 0 Å². The van der Waals surface area contributed by atoms with Crippen LogP contribution in [0.5, 0.6) is 0 Å². The number of ketones is 1. The molecule has 0 saturated carbocycles. The van der Waals surface area contributed by atoms with Gasteiger partial charge in [0.2, 0.25) is 6.10 Å². The molecule has 2 aromatic carbocycles. The maximum absolute atomic E-state index is 12.8. The van der Waals surface area contributed by atoms with Gasteiger partial charge in [-0.3, -0.25) is 4.79 Å². The summed E-state index contributed by atoms with van der Waals surface area (Å²) in [5.41, 5.74) is -0.158. The van der Waals surface area contributed by atoms with Crippen molar-refractivity contribution in [1.29, 1.82) is 0 Å². The maximum atomic E-state index is 12.8. The molecule has 0 aromatic heterocycles. The van der Waals surface area contributed by atoms with E-state index in [9.17, 15) is 31.1 Å². The molecule has 0 saturated heterocycles. The van der Waals surface area contributed by atoms with E-state index >= 15 is 0 Å². The minimum absolute atomic E-state index is 0.0561. The summed E-state index contributed by atoms with van der Waals surface area (Å²) in [6.45, 7) is 0. The Kier molecular flexibility index (Phi) is 5.52. The molecule has 2 nitrogen and oxygen atoms in total. The van der Waals surface area contributed by atoms with Crippen molar-refractivity contribution in [1.82, 2.24) is 0 Å². The molecule has 25 heavy (non-hydrogen) atoms. The highest BCUT2D eigenvalue weighted by Crippen LogP contribution is 2.39. The number of Topliss-reactive ketones (excluding diaryl/α,β-unsaturated/α-hetero) is 1. The van der Waals surface area contributed by atoms with E-state index in [4.69, 9.17) is 0 Å². The van der Waals surface area contributed by atoms with Gasteiger partial charge in [0.15, 0.2) is 5.78 Å². The maximum Gasteiger partial charge on any atom is 0.423 e. The van der Waals surface area contributed by atoms with Crippen LogP contribution in [0.25, 0.3) is 0 Å². The number of carbonyl (C=O) groups is 1. The Morgan fingerprint density at radius 1 is 0.760 bits per heavy atom. The van der Waals surface area contributed by atoms with Crippen LogP contribution in [0.1, 0.15) is 22.0 Å². The van der Waals surface area contributed by atoms with Gasteiger partial charge in [-0.25, -0.2) is 0 Å². The number of carbonyl (C=O) groups excluding carboxylic acids is 1. The van der Waals surface area contributed by atoms with Crippen LogP contribution in [-0.4, -0.2) is 24.2 Å². The summed E-state index contributed by atoms with van der Waals surface area (Å²) in [4.78, 5) is 12.5. The number of rotatable bonds is 5. The predicted octanol–water partition coefficient (Wildman–Crippen LogP) is 5.12. The zero-order valence-electron chi connectivity index (χ0n) is 12.5. The Bertz CT molecular complexity index is 681. The summed E-state index contributed by atoms with van der Waals surface area (Å²) in [6.07, 6.45) is -17.5.